The van der Waals surface area contributed by atoms with Crippen LogP contribution in [0.2, 0.25) is 5.02 Å². The van der Waals surface area contributed by atoms with E-state index in [2.05, 4.69) is 36.3 Å². The lowest BCUT2D eigenvalue weighted by Gasteiger charge is -2.30. The van der Waals surface area contributed by atoms with Crippen LogP contribution in [0.15, 0.2) is 57.5 Å². The molecule has 8 heteroatoms. The Balaban J connectivity index is 1.36. The van der Waals surface area contributed by atoms with E-state index in [4.69, 9.17) is 16.1 Å². The lowest BCUT2D eigenvalue weighted by atomic mass is 9.97. The van der Waals surface area contributed by atoms with E-state index in [1.54, 1.807) is 12.1 Å². The molecule has 2 aromatic carbocycles. The van der Waals surface area contributed by atoms with Crippen molar-refractivity contribution in [3.8, 4) is 11.4 Å². The van der Waals surface area contributed by atoms with Gasteiger partial charge in [0.1, 0.15) is 0 Å². The highest BCUT2D eigenvalue weighted by Gasteiger charge is 2.27. The van der Waals surface area contributed by atoms with E-state index < -0.39 is 0 Å². The van der Waals surface area contributed by atoms with Crippen LogP contribution < -0.4 is 5.32 Å². The molecule has 1 N–H and O–H groups in total. The zero-order valence-electron chi connectivity index (χ0n) is 15.6. The number of amides is 1. The van der Waals surface area contributed by atoms with Gasteiger partial charge in [-0.25, -0.2) is 0 Å². The molecule has 6 nitrogen and oxygen atoms in total. The molecule has 150 valence electrons. The van der Waals surface area contributed by atoms with Gasteiger partial charge in [-0.2, -0.15) is 4.98 Å². The fourth-order valence-corrected chi connectivity index (χ4v) is 3.98. The maximum Gasteiger partial charge on any atom is 0.241 e. The van der Waals surface area contributed by atoms with Crippen LogP contribution in [0.25, 0.3) is 11.4 Å². The summed E-state index contributed by atoms with van der Waals surface area (Å²) in [7, 11) is 0. The van der Waals surface area contributed by atoms with Gasteiger partial charge in [0.25, 0.3) is 0 Å². The fourth-order valence-electron chi connectivity index (χ4n) is 3.45. The van der Waals surface area contributed by atoms with Crippen LogP contribution in [-0.2, 0) is 11.3 Å². The molecule has 1 saturated heterocycles. The molecule has 1 amide bonds. The van der Waals surface area contributed by atoms with Crippen molar-refractivity contribution >= 4 is 39.1 Å². The molecule has 2 heterocycles. The summed E-state index contributed by atoms with van der Waals surface area (Å²) in [6.07, 6.45) is 1.82. The minimum atomic E-state index is -0.0682. The Kier molecular flexibility index (Phi) is 6.28. The quantitative estimate of drug-likeness (QED) is 0.562. The summed E-state index contributed by atoms with van der Waals surface area (Å²) in [6, 6.07) is 14.9. The first-order chi connectivity index (χ1) is 14.1. The van der Waals surface area contributed by atoms with Gasteiger partial charge in [0.15, 0.2) is 0 Å². The number of hydrogen-bond donors (Lipinski definition) is 1. The van der Waals surface area contributed by atoms with Crippen LogP contribution in [-0.4, -0.2) is 34.0 Å². The van der Waals surface area contributed by atoms with E-state index in [0.717, 1.165) is 35.1 Å². The van der Waals surface area contributed by atoms with Crippen LogP contribution in [0.4, 0.5) is 5.69 Å². The highest BCUT2D eigenvalue weighted by molar-refractivity contribution is 9.10. The van der Waals surface area contributed by atoms with E-state index in [0.29, 0.717) is 29.8 Å². The van der Waals surface area contributed by atoms with Gasteiger partial charge in [-0.05, 0) is 61.9 Å². The first-order valence-corrected chi connectivity index (χ1v) is 10.6. The number of hydrogen-bond acceptors (Lipinski definition) is 5. The lowest BCUT2D eigenvalue weighted by Crippen LogP contribution is -2.40. The molecule has 0 radical (unpaired) electrons. The van der Waals surface area contributed by atoms with Gasteiger partial charge in [-0.1, -0.05) is 38.8 Å². The van der Waals surface area contributed by atoms with Crippen molar-refractivity contribution in [1.82, 2.24) is 15.0 Å². The molecule has 1 aliphatic rings. The molecule has 0 saturated carbocycles. The van der Waals surface area contributed by atoms with Crippen molar-refractivity contribution in [1.29, 1.82) is 0 Å². The lowest BCUT2D eigenvalue weighted by molar-refractivity contribution is -0.121. The van der Waals surface area contributed by atoms with Crippen molar-refractivity contribution in [3.63, 3.8) is 0 Å². The van der Waals surface area contributed by atoms with Gasteiger partial charge in [0.05, 0.1) is 12.5 Å². The Hall–Kier alpha value is -2.22. The molecule has 3 aromatic rings. The minimum absolute atomic E-state index is 0.0418. The zero-order chi connectivity index (χ0) is 20.2. The Morgan fingerprint density at radius 3 is 2.90 bits per heavy atom. The predicted molar refractivity (Wildman–Crippen MR) is 116 cm³/mol. The summed E-state index contributed by atoms with van der Waals surface area (Å²) in [5.74, 6) is 1.06. The van der Waals surface area contributed by atoms with Crippen LogP contribution in [0.5, 0.6) is 0 Å². The minimum Gasteiger partial charge on any atom is -0.338 e. The summed E-state index contributed by atoms with van der Waals surface area (Å²) in [6.45, 7) is 2.10. The van der Waals surface area contributed by atoms with Gasteiger partial charge in [-0.15, -0.1) is 0 Å². The Labute approximate surface area is 182 Å². The highest BCUT2D eigenvalue weighted by Crippen LogP contribution is 2.23. The summed E-state index contributed by atoms with van der Waals surface area (Å²) in [5.41, 5.74) is 1.65. The molecule has 0 bridgehead atoms. The Morgan fingerprint density at radius 1 is 1.28 bits per heavy atom. The molecule has 0 aliphatic carbocycles. The summed E-state index contributed by atoms with van der Waals surface area (Å²) in [4.78, 5) is 19.3. The monoisotopic (exact) mass is 474 g/mol. The van der Waals surface area contributed by atoms with Crippen molar-refractivity contribution < 1.29 is 9.32 Å². The molecular weight excluding hydrogens is 456 g/mol. The van der Waals surface area contributed by atoms with Crippen LogP contribution in [0.3, 0.4) is 0 Å². The normalized spacial score (nSPS) is 17.2. The number of halogens is 2. The third kappa shape index (κ3) is 5.23. The van der Waals surface area contributed by atoms with Gasteiger partial charge in [-0.3, -0.25) is 9.69 Å². The van der Waals surface area contributed by atoms with Crippen molar-refractivity contribution in [2.45, 2.75) is 19.4 Å². The van der Waals surface area contributed by atoms with Gasteiger partial charge in [0.2, 0.25) is 17.6 Å². The average molecular weight is 476 g/mol. The molecular formula is C21H20BrClN4O2. The third-order valence-electron chi connectivity index (χ3n) is 4.90. The number of rotatable bonds is 5. The molecule has 1 aliphatic heterocycles. The standard InChI is InChI=1S/C21H20BrClN4O2/c22-16-4-1-5-18(11-16)24-21(28)15-3-2-10-27(12-15)13-19-25-20(26-29-19)14-6-8-17(23)9-7-14/h1,4-9,11,15H,2-3,10,12-13H2,(H,24,28). The van der Waals surface area contributed by atoms with Crippen molar-refractivity contribution in [2.24, 2.45) is 5.92 Å². The molecule has 1 aromatic heterocycles. The number of piperidine rings is 1. The van der Waals surface area contributed by atoms with Crippen LogP contribution in [0.1, 0.15) is 18.7 Å². The van der Waals surface area contributed by atoms with Crippen LogP contribution in [0, 0.1) is 5.92 Å². The Bertz CT molecular complexity index is 992. The topological polar surface area (TPSA) is 71.3 Å². The smallest absolute Gasteiger partial charge is 0.241 e. The molecule has 1 fully saturated rings. The summed E-state index contributed by atoms with van der Waals surface area (Å²) < 4.78 is 6.35. The number of carbonyl (C=O) groups excluding carboxylic acids is 1. The zero-order valence-corrected chi connectivity index (χ0v) is 18.0. The summed E-state index contributed by atoms with van der Waals surface area (Å²) >= 11 is 9.35. The second-order valence-corrected chi connectivity index (χ2v) is 8.44. The van der Waals surface area contributed by atoms with Crippen LogP contribution >= 0.6 is 27.5 Å². The number of nitrogens with one attached hydrogen (secondary N) is 1. The second-order valence-electron chi connectivity index (χ2n) is 7.09. The van der Waals surface area contributed by atoms with Gasteiger partial charge in [0, 0.05) is 27.3 Å². The molecule has 1 atom stereocenters. The molecule has 1 unspecified atom stereocenters. The van der Waals surface area contributed by atoms with E-state index in [1.165, 1.54) is 0 Å². The molecule has 4 rings (SSSR count). The van der Waals surface area contributed by atoms with Crippen molar-refractivity contribution in [3.05, 3.63) is 63.9 Å². The largest absolute Gasteiger partial charge is 0.338 e. The number of carbonyl (C=O) groups is 1. The number of anilines is 1. The van der Waals surface area contributed by atoms with E-state index in [1.807, 2.05) is 36.4 Å². The van der Waals surface area contributed by atoms with Gasteiger partial charge < -0.3 is 9.84 Å². The highest BCUT2D eigenvalue weighted by atomic mass is 79.9. The Morgan fingerprint density at radius 2 is 2.10 bits per heavy atom. The van der Waals surface area contributed by atoms with E-state index in [-0.39, 0.29) is 11.8 Å². The second kappa shape index (κ2) is 9.07. The van der Waals surface area contributed by atoms with Gasteiger partial charge >= 0.3 is 0 Å². The average Bonchev–Trinajstić information content (AvgIpc) is 3.17. The number of aromatic nitrogens is 2. The first-order valence-electron chi connectivity index (χ1n) is 9.44. The maximum absolute atomic E-state index is 12.7. The fraction of sp³-hybridized carbons (Fsp3) is 0.286. The van der Waals surface area contributed by atoms with Crippen molar-refractivity contribution in [2.75, 3.05) is 18.4 Å². The third-order valence-corrected chi connectivity index (χ3v) is 5.64. The molecule has 29 heavy (non-hydrogen) atoms. The van der Waals surface area contributed by atoms with E-state index in [9.17, 15) is 4.79 Å². The molecule has 0 spiro atoms. The first kappa shape index (κ1) is 20.1. The number of benzene rings is 2. The van der Waals surface area contributed by atoms with E-state index >= 15 is 0 Å². The maximum atomic E-state index is 12.7. The predicted octanol–water partition coefficient (Wildman–Crippen LogP) is 5.00. The SMILES string of the molecule is O=C(Nc1cccc(Br)c1)C1CCCN(Cc2nc(-c3ccc(Cl)cc3)no2)C1. The summed E-state index contributed by atoms with van der Waals surface area (Å²) in [5, 5.41) is 7.73. The number of nitrogens with zero attached hydrogens (tertiary/aromatic N) is 3. The number of likely N-dealkylation sites (tertiary alicyclic amines) is 1.